The fourth-order valence-corrected chi connectivity index (χ4v) is 2.41. The highest BCUT2D eigenvalue weighted by molar-refractivity contribution is 5.29. The number of hydrogen-bond acceptors (Lipinski definition) is 4. The van der Waals surface area contributed by atoms with Crippen LogP contribution in [0.25, 0.3) is 0 Å². The molecule has 1 aromatic carbocycles. The van der Waals surface area contributed by atoms with E-state index in [4.69, 9.17) is 4.74 Å². The Morgan fingerprint density at radius 3 is 2.24 bits per heavy atom. The van der Waals surface area contributed by atoms with Crippen LogP contribution in [0.15, 0.2) is 24.3 Å². The summed E-state index contributed by atoms with van der Waals surface area (Å²) in [5.74, 6) is 0.909. The highest BCUT2D eigenvalue weighted by atomic mass is 16.5. The van der Waals surface area contributed by atoms with Crippen LogP contribution in [-0.4, -0.2) is 64.2 Å². The Balaban J connectivity index is 2.67. The number of rotatable bonds is 10. The van der Waals surface area contributed by atoms with Crippen LogP contribution < -0.4 is 10.1 Å². The number of methoxy groups -OCH3 is 1. The lowest BCUT2D eigenvalue weighted by molar-refractivity contribution is 0.221. The minimum Gasteiger partial charge on any atom is -0.497 e. The van der Waals surface area contributed by atoms with Gasteiger partial charge in [-0.2, -0.15) is 0 Å². The van der Waals surface area contributed by atoms with Crippen molar-refractivity contribution in [2.75, 3.05) is 54.4 Å². The zero-order valence-corrected chi connectivity index (χ0v) is 14.2. The molecule has 0 saturated heterocycles. The second kappa shape index (κ2) is 9.77. The van der Waals surface area contributed by atoms with E-state index in [9.17, 15) is 0 Å². The molecule has 1 N–H and O–H groups in total. The van der Waals surface area contributed by atoms with Crippen molar-refractivity contribution in [1.82, 2.24) is 15.1 Å². The van der Waals surface area contributed by atoms with E-state index in [1.807, 2.05) is 19.2 Å². The second-order valence-electron chi connectivity index (χ2n) is 5.72. The van der Waals surface area contributed by atoms with Crippen molar-refractivity contribution >= 4 is 0 Å². The molecule has 0 spiro atoms. The van der Waals surface area contributed by atoms with Crippen LogP contribution in [0.1, 0.15) is 24.9 Å². The first-order chi connectivity index (χ1) is 10.1. The fourth-order valence-electron chi connectivity index (χ4n) is 2.41. The van der Waals surface area contributed by atoms with Crippen molar-refractivity contribution in [1.29, 1.82) is 0 Å². The topological polar surface area (TPSA) is 27.7 Å². The molecule has 0 amide bonds. The van der Waals surface area contributed by atoms with Gasteiger partial charge in [0, 0.05) is 25.7 Å². The highest BCUT2D eigenvalue weighted by Crippen LogP contribution is 2.18. The maximum Gasteiger partial charge on any atom is 0.118 e. The van der Waals surface area contributed by atoms with Gasteiger partial charge in [-0.1, -0.05) is 19.1 Å². The van der Waals surface area contributed by atoms with Crippen LogP contribution in [0.3, 0.4) is 0 Å². The standard InChI is InChI=1S/C17H31N3O/c1-6-11-20(13-12-19(3)4)14-17(18-2)15-7-9-16(21-5)10-8-15/h7-10,17-18H,6,11-14H2,1-5H3. The minimum atomic E-state index is 0.351. The van der Waals surface area contributed by atoms with Crippen molar-refractivity contribution in [2.24, 2.45) is 0 Å². The van der Waals surface area contributed by atoms with Crippen molar-refractivity contribution in [3.8, 4) is 5.75 Å². The molecule has 0 saturated carbocycles. The maximum atomic E-state index is 5.23. The van der Waals surface area contributed by atoms with Gasteiger partial charge in [0.25, 0.3) is 0 Å². The largest absolute Gasteiger partial charge is 0.497 e. The zero-order chi connectivity index (χ0) is 15.7. The van der Waals surface area contributed by atoms with Crippen LogP contribution in [0, 0.1) is 0 Å². The van der Waals surface area contributed by atoms with Gasteiger partial charge < -0.3 is 19.9 Å². The van der Waals surface area contributed by atoms with E-state index in [1.54, 1.807) is 7.11 Å². The third-order valence-corrected chi connectivity index (χ3v) is 3.71. The van der Waals surface area contributed by atoms with E-state index in [2.05, 4.69) is 48.3 Å². The van der Waals surface area contributed by atoms with Crippen molar-refractivity contribution in [3.63, 3.8) is 0 Å². The van der Waals surface area contributed by atoms with Crippen molar-refractivity contribution in [3.05, 3.63) is 29.8 Å². The van der Waals surface area contributed by atoms with Gasteiger partial charge in [-0.05, 0) is 51.8 Å². The van der Waals surface area contributed by atoms with Crippen molar-refractivity contribution < 1.29 is 4.74 Å². The normalized spacial score (nSPS) is 12.9. The number of nitrogens with zero attached hydrogens (tertiary/aromatic N) is 2. The van der Waals surface area contributed by atoms with Crippen LogP contribution >= 0.6 is 0 Å². The van der Waals surface area contributed by atoms with Crippen LogP contribution in [0.2, 0.25) is 0 Å². The lowest BCUT2D eigenvalue weighted by Gasteiger charge is -2.28. The van der Waals surface area contributed by atoms with Gasteiger partial charge in [-0.25, -0.2) is 0 Å². The van der Waals surface area contributed by atoms with Gasteiger partial charge >= 0.3 is 0 Å². The molecule has 1 unspecified atom stereocenters. The summed E-state index contributed by atoms with van der Waals surface area (Å²) in [5, 5.41) is 3.44. The van der Waals surface area contributed by atoms with E-state index in [0.29, 0.717) is 6.04 Å². The summed E-state index contributed by atoms with van der Waals surface area (Å²) in [5.41, 5.74) is 1.31. The Morgan fingerprint density at radius 1 is 1.10 bits per heavy atom. The number of hydrogen-bond donors (Lipinski definition) is 1. The summed E-state index contributed by atoms with van der Waals surface area (Å²) in [6.07, 6.45) is 1.19. The summed E-state index contributed by atoms with van der Waals surface area (Å²) >= 11 is 0. The average molecular weight is 293 g/mol. The molecule has 120 valence electrons. The summed E-state index contributed by atoms with van der Waals surface area (Å²) in [4.78, 5) is 4.77. The fraction of sp³-hybridized carbons (Fsp3) is 0.647. The average Bonchev–Trinajstić information content (AvgIpc) is 2.50. The SMILES string of the molecule is CCCN(CCN(C)C)CC(NC)c1ccc(OC)cc1. The first kappa shape index (κ1) is 18.0. The van der Waals surface area contributed by atoms with Gasteiger partial charge in [-0.15, -0.1) is 0 Å². The summed E-state index contributed by atoms with van der Waals surface area (Å²) in [7, 11) is 7.99. The summed E-state index contributed by atoms with van der Waals surface area (Å²) in [6, 6.07) is 8.71. The second-order valence-corrected chi connectivity index (χ2v) is 5.72. The van der Waals surface area contributed by atoms with Gasteiger partial charge in [0.1, 0.15) is 5.75 Å². The zero-order valence-electron chi connectivity index (χ0n) is 14.2. The Hall–Kier alpha value is -1.10. The molecule has 1 rings (SSSR count). The lowest BCUT2D eigenvalue weighted by Crippen LogP contribution is -2.38. The monoisotopic (exact) mass is 293 g/mol. The molecule has 1 aromatic rings. The Kier molecular flexibility index (Phi) is 8.35. The molecule has 21 heavy (non-hydrogen) atoms. The smallest absolute Gasteiger partial charge is 0.118 e. The first-order valence-electron chi connectivity index (χ1n) is 7.79. The van der Waals surface area contributed by atoms with Crippen LogP contribution in [0.5, 0.6) is 5.75 Å². The molecule has 4 nitrogen and oxygen atoms in total. The Morgan fingerprint density at radius 2 is 1.76 bits per heavy atom. The number of nitrogens with one attached hydrogen (secondary N) is 1. The van der Waals surface area contributed by atoms with Gasteiger partial charge in [0.2, 0.25) is 0 Å². The van der Waals surface area contributed by atoms with Crippen LogP contribution in [-0.2, 0) is 0 Å². The number of benzene rings is 1. The quantitative estimate of drug-likeness (QED) is 0.716. The molecular formula is C17H31N3O. The third kappa shape index (κ3) is 6.46. The van der Waals surface area contributed by atoms with E-state index in [0.717, 1.165) is 31.9 Å². The van der Waals surface area contributed by atoms with Crippen LogP contribution in [0.4, 0.5) is 0 Å². The predicted molar refractivity (Wildman–Crippen MR) is 90.1 cm³/mol. The third-order valence-electron chi connectivity index (χ3n) is 3.71. The lowest BCUT2D eigenvalue weighted by atomic mass is 10.1. The summed E-state index contributed by atoms with van der Waals surface area (Å²) in [6.45, 7) is 6.62. The Labute approximate surface area is 130 Å². The van der Waals surface area contributed by atoms with E-state index in [-0.39, 0.29) is 0 Å². The number of ether oxygens (including phenoxy) is 1. The van der Waals surface area contributed by atoms with Gasteiger partial charge in [0.05, 0.1) is 7.11 Å². The molecular weight excluding hydrogens is 262 g/mol. The molecule has 0 aliphatic heterocycles. The van der Waals surface area contributed by atoms with E-state index < -0.39 is 0 Å². The molecule has 4 heteroatoms. The molecule has 1 atom stereocenters. The van der Waals surface area contributed by atoms with E-state index >= 15 is 0 Å². The minimum absolute atomic E-state index is 0.351. The number of likely N-dealkylation sites (N-methyl/N-ethyl adjacent to an activating group) is 2. The van der Waals surface area contributed by atoms with Gasteiger partial charge in [0.15, 0.2) is 0 Å². The maximum absolute atomic E-state index is 5.23. The first-order valence-corrected chi connectivity index (χ1v) is 7.79. The highest BCUT2D eigenvalue weighted by Gasteiger charge is 2.14. The molecule has 0 fully saturated rings. The molecule has 0 aromatic heterocycles. The van der Waals surface area contributed by atoms with E-state index in [1.165, 1.54) is 12.0 Å². The Bertz CT molecular complexity index is 378. The van der Waals surface area contributed by atoms with Crippen molar-refractivity contribution in [2.45, 2.75) is 19.4 Å². The molecule has 0 aliphatic rings. The molecule has 0 radical (unpaired) electrons. The van der Waals surface area contributed by atoms with Gasteiger partial charge in [-0.3, -0.25) is 0 Å². The molecule has 0 heterocycles. The molecule has 0 aliphatic carbocycles. The molecule has 0 bridgehead atoms. The summed E-state index contributed by atoms with van der Waals surface area (Å²) < 4.78 is 5.23. The predicted octanol–water partition coefficient (Wildman–Crippen LogP) is 2.23.